The van der Waals surface area contributed by atoms with Crippen LogP contribution in [0.5, 0.6) is 0 Å². The molecular weight excluding hydrogens is 305 g/mol. The van der Waals surface area contributed by atoms with Crippen molar-refractivity contribution in [2.75, 3.05) is 32.7 Å². The molecule has 1 fully saturated rings. The SMILES string of the molecule is O=C(Cc1ccccc1F)N1CCN(CCc2ccncc2)CC1. The van der Waals surface area contributed by atoms with E-state index in [0.717, 1.165) is 26.1 Å². The number of carbonyl (C=O) groups excluding carboxylic acids is 1. The summed E-state index contributed by atoms with van der Waals surface area (Å²) in [7, 11) is 0. The summed E-state index contributed by atoms with van der Waals surface area (Å²) in [6, 6.07) is 10.6. The summed E-state index contributed by atoms with van der Waals surface area (Å²) >= 11 is 0. The Balaban J connectivity index is 1.44. The number of carbonyl (C=O) groups is 1. The van der Waals surface area contributed by atoms with Gasteiger partial charge in [0.25, 0.3) is 0 Å². The third-order valence-corrected chi connectivity index (χ3v) is 4.49. The molecule has 4 nitrogen and oxygen atoms in total. The average molecular weight is 327 g/mol. The van der Waals surface area contributed by atoms with Crippen molar-refractivity contribution in [3.05, 3.63) is 65.7 Å². The normalized spacial score (nSPS) is 15.5. The molecule has 0 N–H and O–H groups in total. The third-order valence-electron chi connectivity index (χ3n) is 4.49. The van der Waals surface area contributed by atoms with Gasteiger partial charge in [-0.05, 0) is 35.7 Å². The first-order chi connectivity index (χ1) is 11.7. The lowest BCUT2D eigenvalue weighted by atomic mass is 10.1. The van der Waals surface area contributed by atoms with Crippen LogP contribution in [0.15, 0.2) is 48.8 Å². The minimum Gasteiger partial charge on any atom is -0.340 e. The van der Waals surface area contributed by atoms with E-state index in [1.165, 1.54) is 11.6 Å². The van der Waals surface area contributed by atoms with Crippen molar-refractivity contribution in [1.82, 2.24) is 14.8 Å². The number of rotatable bonds is 5. The Kier molecular flexibility index (Phi) is 5.54. The van der Waals surface area contributed by atoms with Crippen LogP contribution in [0.25, 0.3) is 0 Å². The zero-order valence-corrected chi connectivity index (χ0v) is 13.7. The van der Waals surface area contributed by atoms with Gasteiger partial charge in [-0.1, -0.05) is 18.2 Å². The lowest BCUT2D eigenvalue weighted by molar-refractivity contribution is -0.132. The highest BCUT2D eigenvalue weighted by Crippen LogP contribution is 2.11. The highest BCUT2D eigenvalue weighted by molar-refractivity contribution is 5.79. The Bertz CT molecular complexity index is 669. The summed E-state index contributed by atoms with van der Waals surface area (Å²) in [4.78, 5) is 20.6. The second-order valence-corrected chi connectivity index (χ2v) is 6.10. The van der Waals surface area contributed by atoms with Crippen LogP contribution in [-0.4, -0.2) is 53.4 Å². The van der Waals surface area contributed by atoms with Gasteiger partial charge >= 0.3 is 0 Å². The molecule has 3 rings (SSSR count). The van der Waals surface area contributed by atoms with Crippen LogP contribution >= 0.6 is 0 Å². The number of halogens is 1. The summed E-state index contributed by atoms with van der Waals surface area (Å²) in [5.41, 5.74) is 1.76. The average Bonchev–Trinajstić information content (AvgIpc) is 2.63. The Labute approximate surface area is 141 Å². The van der Waals surface area contributed by atoms with Crippen molar-refractivity contribution >= 4 is 5.91 Å². The van der Waals surface area contributed by atoms with E-state index in [2.05, 4.69) is 9.88 Å². The lowest BCUT2D eigenvalue weighted by Gasteiger charge is -2.34. The Hall–Kier alpha value is -2.27. The van der Waals surface area contributed by atoms with Gasteiger partial charge in [-0.3, -0.25) is 14.7 Å². The van der Waals surface area contributed by atoms with Gasteiger partial charge in [0, 0.05) is 45.1 Å². The third kappa shape index (κ3) is 4.38. The fourth-order valence-corrected chi connectivity index (χ4v) is 2.97. The van der Waals surface area contributed by atoms with E-state index in [0.29, 0.717) is 18.7 Å². The number of hydrogen-bond donors (Lipinski definition) is 0. The molecule has 2 aromatic rings. The minimum atomic E-state index is -0.304. The zero-order chi connectivity index (χ0) is 16.8. The largest absolute Gasteiger partial charge is 0.340 e. The highest BCUT2D eigenvalue weighted by Gasteiger charge is 2.21. The molecule has 0 atom stereocenters. The fraction of sp³-hybridized carbons (Fsp3) is 0.368. The van der Waals surface area contributed by atoms with Gasteiger partial charge in [-0.25, -0.2) is 4.39 Å². The molecule has 1 aliphatic heterocycles. The maximum absolute atomic E-state index is 13.7. The highest BCUT2D eigenvalue weighted by atomic mass is 19.1. The molecule has 1 amide bonds. The summed E-state index contributed by atoms with van der Waals surface area (Å²) in [5.74, 6) is -0.296. The quantitative estimate of drug-likeness (QED) is 0.844. The number of piperazine rings is 1. The lowest BCUT2D eigenvalue weighted by Crippen LogP contribution is -2.49. The van der Waals surface area contributed by atoms with Gasteiger partial charge in [0.2, 0.25) is 5.91 Å². The topological polar surface area (TPSA) is 36.4 Å². The monoisotopic (exact) mass is 327 g/mol. The molecule has 0 spiro atoms. The van der Waals surface area contributed by atoms with E-state index in [4.69, 9.17) is 0 Å². The van der Waals surface area contributed by atoms with E-state index < -0.39 is 0 Å². The molecule has 5 heteroatoms. The smallest absolute Gasteiger partial charge is 0.227 e. The summed E-state index contributed by atoms with van der Waals surface area (Å²) < 4.78 is 13.7. The summed E-state index contributed by atoms with van der Waals surface area (Å²) in [6.07, 6.45) is 4.76. The van der Waals surface area contributed by atoms with Crippen LogP contribution < -0.4 is 0 Å². The van der Waals surface area contributed by atoms with E-state index in [1.54, 1.807) is 18.2 Å². The van der Waals surface area contributed by atoms with Crippen LogP contribution in [0.3, 0.4) is 0 Å². The van der Waals surface area contributed by atoms with E-state index in [-0.39, 0.29) is 18.1 Å². The number of benzene rings is 1. The number of aromatic nitrogens is 1. The molecule has 0 saturated carbocycles. The van der Waals surface area contributed by atoms with Gasteiger partial charge in [0.05, 0.1) is 6.42 Å². The number of amides is 1. The molecule has 0 unspecified atom stereocenters. The standard InChI is InChI=1S/C19H22FN3O/c20-18-4-2-1-3-17(18)15-19(24)23-13-11-22(12-14-23)10-7-16-5-8-21-9-6-16/h1-6,8-9H,7,10-15H2. The van der Waals surface area contributed by atoms with Crippen molar-refractivity contribution in [3.8, 4) is 0 Å². The van der Waals surface area contributed by atoms with Crippen molar-refractivity contribution in [2.45, 2.75) is 12.8 Å². The van der Waals surface area contributed by atoms with Gasteiger partial charge < -0.3 is 4.90 Å². The number of pyridine rings is 1. The zero-order valence-electron chi connectivity index (χ0n) is 13.7. The van der Waals surface area contributed by atoms with Gasteiger partial charge in [-0.15, -0.1) is 0 Å². The fourth-order valence-electron chi connectivity index (χ4n) is 2.97. The molecule has 0 radical (unpaired) electrons. The number of nitrogens with zero attached hydrogens (tertiary/aromatic N) is 3. The van der Waals surface area contributed by atoms with Gasteiger partial charge in [0.15, 0.2) is 0 Å². The summed E-state index contributed by atoms with van der Waals surface area (Å²) in [5, 5.41) is 0. The van der Waals surface area contributed by atoms with Crippen LogP contribution in [0, 0.1) is 5.82 Å². The van der Waals surface area contributed by atoms with Crippen molar-refractivity contribution in [1.29, 1.82) is 0 Å². The number of hydrogen-bond acceptors (Lipinski definition) is 3. The van der Waals surface area contributed by atoms with E-state index >= 15 is 0 Å². The predicted octanol–water partition coefficient (Wildman–Crippen LogP) is 2.15. The van der Waals surface area contributed by atoms with E-state index in [9.17, 15) is 9.18 Å². The molecular formula is C19H22FN3O. The second kappa shape index (κ2) is 8.02. The van der Waals surface area contributed by atoms with Gasteiger partial charge in [-0.2, -0.15) is 0 Å². The van der Waals surface area contributed by atoms with Crippen LogP contribution in [0.4, 0.5) is 4.39 Å². The van der Waals surface area contributed by atoms with Crippen LogP contribution in [-0.2, 0) is 17.6 Å². The molecule has 2 heterocycles. The van der Waals surface area contributed by atoms with Crippen molar-refractivity contribution in [2.24, 2.45) is 0 Å². The Morgan fingerprint density at radius 1 is 1.04 bits per heavy atom. The van der Waals surface area contributed by atoms with Crippen molar-refractivity contribution in [3.63, 3.8) is 0 Å². The Morgan fingerprint density at radius 3 is 2.46 bits per heavy atom. The maximum Gasteiger partial charge on any atom is 0.227 e. The molecule has 126 valence electrons. The predicted molar refractivity (Wildman–Crippen MR) is 91.1 cm³/mol. The molecule has 1 saturated heterocycles. The molecule has 1 aromatic heterocycles. The van der Waals surface area contributed by atoms with Crippen LogP contribution in [0.1, 0.15) is 11.1 Å². The first-order valence-electron chi connectivity index (χ1n) is 8.35. The first-order valence-corrected chi connectivity index (χ1v) is 8.35. The summed E-state index contributed by atoms with van der Waals surface area (Å²) in [6.45, 7) is 4.15. The second-order valence-electron chi connectivity index (χ2n) is 6.10. The van der Waals surface area contributed by atoms with E-state index in [1.807, 2.05) is 29.4 Å². The minimum absolute atomic E-state index is 0.00823. The molecule has 24 heavy (non-hydrogen) atoms. The maximum atomic E-state index is 13.7. The molecule has 1 aliphatic rings. The first kappa shape index (κ1) is 16.6. The van der Waals surface area contributed by atoms with Crippen LogP contribution in [0.2, 0.25) is 0 Å². The van der Waals surface area contributed by atoms with Crippen molar-refractivity contribution < 1.29 is 9.18 Å². The molecule has 1 aromatic carbocycles. The van der Waals surface area contributed by atoms with Gasteiger partial charge in [0.1, 0.15) is 5.82 Å². The Morgan fingerprint density at radius 2 is 1.75 bits per heavy atom. The molecule has 0 aliphatic carbocycles. The molecule has 0 bridgehead atoms.